The smallest absolute Gasteiger partial charge is 0.336 e. The van der Waals surface area contributed by atoms with E-state index < -0.39 is 0 Å². The number of hydrogen-bond acceptors (Lipinski definition) is 3. The van der Waals surface area contributed by atoms with Gasteiger partial charge in [-0.25, -0.2) is 9.36 Å². The van der Waals surface area contributed by atoms with Gasteiger partial charge in [-0.1, -0.05) is 48.0 Å². The molecule has 2 aromatic heterocycles. The van der Waals surface area contributed by atoms with Crippen LogP contribution in [0.25, 0.3) is 27.6 Å². The number of rotatable bonds is 4. The zero-order chi connectivity index (χ0) is 23.3. The lowest BCUT2D eigenvalue weighted by molar-refractivity contribution is 0.415. The molecule has 2 heterocycles. The lowest BCUT2D eigenvalue weighted by Gasteiger charge is -2.15. The normalized spacial score (nSPS) is 11.4. The summed E-state index contributed by atoms with van der Waals surface area (Å²) >= 11 is 0. The first-order chi connectivity index (χ1) is 15.9. The lowest BCUT2D eigenvalue weighted by atomic mass is 10.1. The molecule has 0 radical (unpaired) electrons. The van der Waals surface area contributed by atoms with Crippen molar-refractivity contribution in [2.45, 2.75) is 20.4 Å². The SMILES string of the molecule is COc1ccc2c(c1)c1c(c(=O)n(-c3ccccc3C)c(=O)n1Cc1cccc(C)c1)n2C. The van der Waals surface area contributed by atoms with Gasteiger partial charge >= 0.3 is 5.69 Å². The van der Waals surface area contributed by atoms with Crippen LogP contribution in [0.3, 0.4) is 0 Å². The van der Waals surface area contributed by atoms with E-state index in [1.807, 2.05) is 86.1 Å². The molecular formula is C27H25N3O3. The standard InChI is InChI=1S/C27H25N3O3/c1-17-8-7-10-19(14-17)16-29-24-21-15-20(33-4)12-13-23(21)28(3)25(24)26(31)30(27(29)32)22-11-6-5-9-18(22)2/h5-15H,16H2,1-4H3. The van der Waals surface area contributed by atoms with Crippen LogP contribution in [0, 0.1) is 13.8 Å². The van der Waals surface area contributed by atoms with Gasteiger partial charge < -0.3 is 9.30 Å². The summed E-state index contributed by atoms with van der Waals surface area (Å²) in [4.78, 5) is 27.7. The van der Waals surface area contributed by atoms with Crippen molar-refractivity contribution in [2.75, 3.05) is 7.11 Å². The van der Waals surface area contributed by atoms with Crippen LogP contribution in [-0.2, 0) is 13.6 Å². The van der Waals surface area contributed by atoms with E-state index in [4.69, 9.17) is 4.74 Å². The zero-order valence-electron chi connectivity index (χ0n) is 19.1. The second kappa shape index (κ2) is 7.81. The van der Waals surface area contributed by atoms with Crippen LogP contribution in [0.2, 0.25) is 0 Å². The monoisotopic (exact) mass is 439 g/mol. The van der Waals surface area contributed by atoms with Gasteiger partial charge in [0.2, 0.25) is 0 Å². The molecule has 3 aromatic carbocycles. The fourth-order valence-corrected chi connectivity index (χ4v) is 4.62. The Bertz CT molecular complexity index is 1650. The molecule has 0 aliphatic carbocycles. The summed E-state index contributed by atoms with van der Waals surface area (Å²) in [5, 5.41) is 0.811. The Balaban J connectivity index is 1.96. The van der Waals surface area contributed by atoms with E-state index in [1.54, 1.807) is 11.7 Å². The van der Waals surface area contributed by atoms with Gasteiger partial charge in [0.25, 0.3) is 5.56 Å². The minimum atomic E-state index is -0.362. The highest BCUT2D eigenvalue weighted by Crippen LogP contribution is 2.29. The van der Waals surface area contributed by atoms with Crippen LogP contribution >= 0.6 is 0 Å². The van der Waals surface area contributed by atoms with Gasteiger partial charge in [0.05, 0.1) is 30.4 Å². The summed E-state index contributed by atoms with van der Waals surface area (Å²) in [5.41, 5.74) is 4.83. The van der Waals surface area contributed by atoms with Gasteiger partial charge in [-0.3, -0.25) is 9.36 Å². The number of hydrogen-bond donors (Lipinski definition) is 0. The fraction of sp³-hybridized carbons (Fsp3) is 0.185. The van der Waals surface area contributed by atoms with Crippen molar-refractivity contribution in [3.63, 3.8) is 0 Å². The predicted molar refractivity (Wildman–Crippen MR) is 132 cm³/mol. The highest BCUT2D eigenvalue weighted by atomic mass is 16.5. The number of benzene rings is 3. The Morgan fingerprint density at radius 1 is 0.879 bits per heavy atom. The third-order valence-electron chi connectivity index (χ3n) is 6.26. The van der Waals surface area contributed by atoms with Gasteiger partial charge in [-0.15, -0.1) is 0 Å². The molecule has 6 nitrogen and oxygen atoms in total. The molecule has 166 valence electrons. The summed E-state index contributed by atoms with van der Waals surface area (Å²) in [6.45, 7) is 4.28. The quantitative estimate of drug-likeness (QED) is 0.419. The van der Waals surface area contributed by atoms with Gasteiger partial charge in [0, 0.05) is 12.4 Å². The van der Waals surface area contributed by atoms with Crippen LogP contribution in [0.15, 0.2) is 76.3 Å². The Kier molecular flexibility index (Phi) is 4.93. The molecule has 0 bridgehead atoms. The lowest BCUT2D eigenvalue weighted by Crippen LogP contribution is -2.39. The molecule has 0 saturated heterocycles. The molecule has 0 aliphatic heterocycles. The van der Waals surface area contributed by atoms with Crippen molar-refractivity contribution in [1.29, 1.82) is 0 Å². The number of nitrogens with zero attached hydrogens (tertiary/aromatic N) is 3. The minimum Gasteiger partial charge on any atom is -0.497 e. The first kappa shape index (κ1) is 20.8. The van der Waals surface area contributed by atoms with Crippen molar-refractivity contribution in [2.24, 2.45) is 7.05 Å². The molecule has 0 unspecified atom stereocenters. The van der Waals surface area contributed by atoms with Crippen molar-refractivity contribution >= 4 is 21.9 Å². The summed E-state index contributed by atoms with van der Waals surface area (Å²) in [6, 6.07) is 21.2. The number of para-hydroxylation sites is 1. The molecule has 5 aromatic rings. The third kappa shape index (κ3) is 3.26. The highest BCUT2D eigenvalue weighted by molar-refractivity contribution is 6.06. The van der Waals surface area contributed by atoms with E-state index >= 15 is 0 Å². The van der Waals surface area contributed by atoms with E-state index in [9.17, 15) is 9.59 Å². The molecular weight excluding hydrogens is 414 g/mol. The van der Waals surface area contributed by atoms with Crippen molar-refractivity contribution in [1.82, 2.24) is 13.7 Å². The Labute approximate surface area is 190 Å². The predicted octanol–water partition coefficient (Wildman–Crippen LogP) is 4.32. The zero-order valence-corrected chi connectivity index (χ0v) is 19.1. The molecule has 0 atom stereocenters. The van der Waals surface area contributed by atoms with Gasteiger partial charge in [-0.05, 0) is 49.2 Å². The molecule has 0 N–H and O–H groups in total. The largest absolute Gasteiger partial charge is 0.497 e. The summed E-state index contributed by atoms with van der Waals surface area (Å²) in [5.74, 6) is 0.674. The van der Waals surface area contributed by atoms with Crippen LogP contribution < -0.4 is 16.0 Å². The number of ether oxygens (including phenoxy) is 1. The molecule has 0 aliphatic rings. The summed E-state index contributed by atoms with van der Waals surface area (Å²) in [6.07, 6.45) is 0. The maximum Gasteiger partial charge on any atom is 0.336 e. The molecule has 6 heteroatoms. The van der Waals surface area contributed by atoms with E-state index in [1.165, 1.54) is 4.57 Å². The number of fused-ring (bicyclic) bond motifs is 3. The van der Waals surface area contributed by atoms with Gasteiger partial charge in [-0.2, -0.15) is 0 Å². The van der Waals surface area contributed by atoms with Crippen LogP contribution in [0.4, 0.5) is 0 Å². The molecule has 33 heavy (non-hydrogen) atoms. The topological polar surface area (TPSA) is 58.2 Å². The van der Waals surface area contributed by atoms with E-state index in [0.29, 0.717) is 29.0 Å². The van der Waals surface area contributed by atoms with Crippen LogP contribution in [0.1, 0.15) is 16.7 Å². The number of aryl methyl sites for hydroxylation is 3. The van der Waals surface area contributed by atoms with E-state index in [0.717, 1.165) is 27.6 Å². The second-order valence-corrected chi connectivity index (χ2v) is 8.42. The maximum atomic E-state index is 13.9. The van der Waals surface area contributed by atoms with Crippen molar-refractivity contribution in [3.8, 4) is 11.4 Å². The Morgan fingerprint density at radius 3 is 2.39 bits per heavy atom. The molecule has 0 amide bonds. The fourth-order valence-electron chi connectivity index (χ4n) is 4.62. The highest BCUT2D eigenvalue weighted by Gasteiger charge is 2.22. The van der Waals surface area contributed by atoms with Crippen LogP contribution in [-0.4, -0.2) is 20.8 Å². The average Bonchev–Trinajstić information content (AvgIpc) is 3.10. The van der Waals surface area contributed by atoms with Crippen molar-refractivity contribution < 1.29 is 4.74 Å². The molecule has 0 saturated carbocycles. The van der Waals surface area contributed by atoms with Crippen molar-refractivity contribution in [3.05, 3.63) is 104 Å². The summed E-state index contributed by atoms with van der Waals surface area (Å²) < 4.78 is 10.3. The second-order valence-electron chi connectivity index (χ2n) is 8.42. The molecule has 5 rings (SSSR count). The van der Waals surface area contributed by atoms with Gasteiger partial charge in [0.1, 0.15) is 11.3 Å². The maximum absolute atomic E-state index is 13.9. The first-order valence-electron chi connectivity index (χ1n) is 10.8. The molecule has 0 spiro atoms. The number of aromatic nitrogens is 3. The van der Waals surface area contributed by atoms with E-state index in [2.05, 4.69) is 6.07 Å². The Hall–Kier alpha value is -4.06. The molecule has 0 fully saturated rings. The van der Waals surface area contributed by atoms with E-state index in [-0.39, 0.29) is 11.2 Å². The third-order valence-corrected chi connectivity index (χ3v) is 6.26. The number of methoxy groups -OCH3 is 1. The Morgan fingerprint density at radius 2 is 1.67 bits per heavy atom. The average molecular weight is 440 g/mol. The summed E-state index contributed by atoms with van der Waals surface area (Å²) in [7, 11) is 3.47. The van der Waals surface area contributed by atoms with Crippen LogP contribution in [0.5, 0.6) is 5.75 Å². The van der Waals surface area contributed by atoms with Gasteiger partial charge in [0.15, 0.2) is 0 Å². The first-order valence-corrected chi connectivity index (χ1v) is 10.8. The minimum absolute atomic E-state index is 0.331.